The maximum Gasteiger partial charge on any atom is 0.338 e. The van der Waals surface area contributed by atoms with Crippen LogP contribution in [-0.4, -0.2) is 17.7 Å². The highest BCUT2D eigenvalue weighted by Gasteiger charge is 2.09. The van der Waals surface area contributed by atoms with Crippen molar-refractivity contribution < 1.29 is 14.6 Å². The molecular weight excluding hydrogens is 168 g/mol. The lowest BCUT2D eigenvalue weighted by Crippen LogP contribution is -2.07. The monoisotopic (exact) mass is 180 g/mol. The van der Waals surface area contributed by atoms with Gasteiger partial charge in [-0.05, 0) is 18.6 Å². The van der Waals surface area contributed by atoms with E-state index in [2.05, 4.69) is 0 Å². The maximum atomic E-state index is 11.3. The summed E-state index contributed by atoms with van der Waals surface area (Å²) in [6, 6.07) is 6.86. The Bertz CT molecular complexity index is 294. The van der Waals surface area contributed by atoms with Crippen molar-refractivity contribution in [2.75, 3.05) is 6.61 Å². The van der Waals surface area contributed by atoms with Gasteiger partial charge in [-0.3, -0.25) is 0 Å². The molecule has 1 rings (SSSR count). The molecule has 0 aliphatic carbocycles. The number of rotatable bonds is 3. The first-order valence-electron chi connectivity index (χ1n) is 4.15. The zero-order chi connectivity index (χ0) is 9.68. The number of carbonyl (C=O) groups is 1. The van der Waals surface area contributed by atoms with E-state index < -0.39 is 0 Å². The average molecular weight is 180 g/mol. The van der Waals surface area contributed by atoms with Gasteiger partial charge in [-0.15, -0.1) is 0 Å². The number of hydrogen-bond donors (Lipinski definition) is 1. The molecule has 0 atom stereocenters. The van der Waals surface area contributed by atoms with Gasteiger partial charge in [-0.2, -0.15) is 0 Å². The summed E-state index contributed by atoms with van der Waals surface area (Å²) in [6.07, 6.45) is 0. The van der Waals surface area contributed by atoms with E-state index in [1.165, 1.54) is 0 Å². The molecule has 0 saturated carbocycles. The lowest BCUT2D eigenvalue weighted by Gasteiger charge is -2.05. The normalized spacial score (nSPS) is 9.69. The van der Waals surface area contributed by atoms with Gasteiger partial charge in [-0.1, -0.05) is 18.2 Å². The van der Waals surface area contributed by atoms with Crippen molar-refractivity contribution >= 4 is 5.97 Å². The van der Waals surface area contributed by atoms with Gasteiger partial charge in [0, 0.05) is 0 Å². The molecule has 0 aliphatic heterocycles. The third-order valence-corrected chi connectivity index (χ3v) is 1.68. The van der Waals surface area contributed by atoms with Gasteiger partial charge in [-0.25, -0.2) is 4.79 Å². The van der Waals surface area contributed by atoms with Crippen molar-refractivity contribution in [2.45, 2.75) is 13.5 Å². The summed E-state index contributed by atoms with van der Waals surface area (Å²) in [4.78, 5) is 11.3. The Hall–Kier alpha value is -1.35. The first-order chi connectivity index (χ1) is 6.29. The number of aliphatic hydroxyl groups is 1. The van der Waals surface area contributed by atoms with Crippen LogP contribution in [0.3, 0.4) is 0 Å². The molecular formula is C10H12O3. The lowest BCUT2D eigenvalue weighted by atomic mass is 10.1. The molecule has 0 bridgehead atoms. The summed E-state index contributed by atoms with van der Waals surface area (Å²) < 4.78 is 4.82. The summed E-state index contributed by atoms with van der Waals surface area (Å²) in [6.45, 7) is 1.95. The van der Waals surface area contributed by atoms with E-state index in [9.17, 15) is 4.79 Å². The van der Waals surface area contributed by atoms with E-state index in [0.29, 0.717) is 17.7 Å². The highest BCUT2D eigenvalue weighted by Crippen LogP contribution is 2.09. The summed E-state index contributed by atoms with van der Waals surface area (Å²) in [5.74, 6) is -0.382. The Kier molecular flexibility index (Phi) is 3.46. The van der Waals surface area contributed by atoms with Gasteiger partial charge in [0.2, 0.25) is 0 Å². The molecule has 70 valence electrons. The van der Waals surface area contributed by atoms with Crippen LogP contribution in [0.4, 0.5) is 0 Å². The van der Waals surface area contributed by atoms with Crippen molar-refractivity contribution in [3.05, 3.63) is 35.4 Å². The second-order valence-electron chi connectivity index (χ2n) is 2.54. The van der Waals surface area contributed by atoms with E-state index in [4.69, 9.17) is 9.84 Å². The van der Waals surface area contributed by atoms with Crippen molar-refractivity contribution in [3.8, 4) is 0 Å². The predicted octanol–water partition coefficient (Wildman–Crippen LogP) is 1.36. The van der Waals surface area contributed by atoms with E-state index in [-0.39, 0.29) is 12.6 Å². The van der Waals surface area contributed by atoms with Crippen LogP contribution in [0.25, 0.3) is 0 Å². The summed E-state index contributed by atoms with van der Waals surface area (Å²) >= 11 is 0. The Labute approximate surface area is 77.0 Å². The zero-order valence-electron chi connectivity index (χ0n) is 7.49. The van der Waals surface area contributed by atoms with Crippen LogP contribution in [-0.2, 0) is 11.3 Å². The molecule has 1 aromatic carbocycles. The van der Waals surface area contributed by atoms with Crippen LogP contribution in [0.15, 0.2) is 24.3 Å². The van der Waals surface area contributed by atoms with Crippen LogP contribution in [0.1, 0.15) is 22.8 Å². The second kappa shape index (κ2) is 4.62. The molecule has 13 heavy (non-hydrogen) atoms. The smallest absolute Gasteiger partial charge is 0.338 e. The average Bonchev–Trinajstić information content (AvgIpc) is 2.18. The van der Waals surface area contributed by atoms with Gasteiger partial charge in [0.25, 0.3) is 0 Å². The Morgan fingerprint density at radius 2 is 2.15 bits per heavy atom. The summed E-state index contributed by atoms with van der Waals surface area (Å²) in [5, 5.41) is 8.93. The lowest BCUT2D eigenvalue weighted by molar-refractivity contribution is 0.0523. The Morgan fingerprint density at radius 1 is 1.46 bits per heavy atom. The molecule has 0 spiro atoms. The number of aliphatic hydroxyl groups excluding tert-OH is 1. The molecule has 0 saturated heterocycles. The number of benzene rings is 1. The van der Waals surface area contributed by atoms with Gasteiger partial charge in [0.05, 0.1) is 18.8 Å². The third-order valence-electron chi connectivity index (χ3n) is 1.68. The summed E-state index contributed by atoms with van der Waals surface area (Å²) in [7, 11) is 0. The van der Waals surface area contributed by atoms with E-state index in [0.717, 1.165) is 0 Å². The molecule has 3 heteroatoms. The van der Waals surface area contributed by atoms with Crippen LogP contribution in [0, 0.1) is 0 Å². The Balaban J connectivity index is 2.92. The van der Waals surface area contributed by atoms with Crippen LogP contribution < -0.4 is 0 Å². The van der Waals surface area contributed by atoms with Crippen LogP contribution in [0.5, 0.6) is 0 Å². The molecule has 0 radical (unpaired) electrons. The molecule has 0 amide bonds. The minimum Gasteiger partial charge on any atom is -0.462 e. The van der Waals surface area contributed by atoms with Gasteiger partial charge in [0.15, 0.2) is 0 Å². The van der Waals surface area contributed by atoms with Crippen molar-refractivity contribution in [2.24, 2.45) is 0 Å². The summed E-state index contributed by atoms with van der Waals surface area (Å²) in [5.41, 5.74) is 1.04. The minimum atomic E-state index is -0.382. The standard InChI is InChI=1S/C10H12O3/c1-2-13-10(12)9-6-4-3-5-8(9)7-11/h3-6,11H,2,7H2,1H3. The molecule has 0 aliphatic rings. The molecule has 0 aromatic heterocycles. The molecule has 0 heterocycles. The van der Waals surface area contributed by atoms with Gasteiger partial charge < -0.3 is 9.84 Å². The fourth-order valence-electron chi connectivity index (χ4n) is 1.07. The van der Waals surface area contributed by atoms with Crippen LogP contribution in [0.2, 0.25) is 0 Å². The second-order valence-corrected chi connectivity index (χ2v) is 2.54. The number of esters is 1. The fourth-order valence-corrected chi connectivity index (χ4v) is 1.07. The highest BCUT2D eigenvalue weighted by atomic mass is 16.5. The maximum absolute atomic E-state index is 11.3. The van der Waals surface area contributed by atoms with Crippen molar-refractivity contribution in [1.82, 2.24) is 0 Å². The van der Waals surface area contributed by atoms with E-state index >= 15 is 0 Å². The van der Waals surface area contributed by atoms with Crippen LogP contribution >= 0.6 is 0 Å². The number of ether oxygens (including phenoxy) is 1. The van der Waals surface area contributed by atoms with Crippen molar-refractivity contribution in [3.63, 3.8) is 0 Å². The molecule has 0 fully saturated rings. The molecule has 1 N–H and O–H groups in total. The first kappa shape index (κ1) is 9.74. The fraction of sp³-hybridized carbons (Fsp3) is 0.300. The molecule has 1 aromatic rings. The highest BCUT2D eigenvalue weighted by molar-refractivity contribution is 5.90. The quantitative estimate of drug-likeness (QED) is 0.714. The topological polar surface area (TPSA) is 46.5 Å². The third kappa shape index (κ3) is 2.29. The minimum absolute atomic E-state index is 0.144. The Morgan fingerprint density at radius 3 is 2.77 bits per heavy atom. The largest absolute Gasteiger partial charge is 0.462 e. The number of hydrogen-bond acceptors (Lipinski definition) is 3. The first-order valence-corrected chi connectivity index (χ1v) is 4.15. The van der Waals surface area contributed by atoms with Crippen molar-refractivity contribution in [1.29, 1.82) is 0 Å². The SMILES string of the molecule is CCOC(=O)c1ccccc1CO. The zero-order valence-corrected chi connectivity index (χ0v) is 7.49. The van der Waals surface area contributed by atoms with E-state index in [1.807, 2.05) is 0 Å². The molecule has 0 unspecified atom stereocenters. The number of carbonyl (C=O) groups excluding carboxylic acids is 1. The predicted molar refractivity (Wildman–Crippen MR) is 48.3 cm³/mol. The van der Waals surface area contributed by atoms with Gasteiger partial charge >= 0.3 is 5.97 Å². The van der Waals surface area contributed by atoms with Gasteiger partial charge in [0.1, 0.15) is 0 Å². The van der Waals surface area contributed by atoms with E-state index in [1.54, 1.807) is 31.2 Å². The molecule has 3 nitrogen and oxygen atoms in total.